The highest BCUT2D eigenvalue weighted by Crippen LogP contribution is 2.29. The van der Waals surface area contributed by atoms with Crippen molar-refractivity contribution in [2.75, 3.05) is 24.6 Å². The lowest BCUT2D eigenvalue weighted by Crippen LogP contribution is -2.40. The molecule has 1 aliphatic heterocycles. The predicted molar refractivity (Wildman–Crippen MR) is 76.5 cm³/mol. The van der Waals surface area contributed by atoms with E-state index in [0.29, 0.717) is 6.10 Å². The molecule has 1 unspecified atom stereocenters. The molecule has 0 bridgehead atoms. The van der Waals surface area contributed by atoms with E-state index in [9.17, 15) is 0 Å². The van der Waals surface area contributed by atoms with Crippen LogP contribution in [0.4, 0.5) is 5.82 Å². The van der Waals surface area contributed by atoms with Gasteiger partial charge in [-0.1, -0.05) is 0 Å². The van der Waals surface area contributed by atoms with Crippen LogP contribution in [0.25, 0.3) is 0 Å². The number of hydrogen-bond donors (Lipinski definition) is 0. The van der Waals surface area contributed by atoms with Gasteiger partial charge < -0.3 is 9.64 Å². The molecule has 1 fully saturated rings. The van der Waals surface area contributed by atoms with Gasteiger partial charge in [0.1, 0.15) is 5.82 Å². The molecule has 1 aromatic rings. The molecule has 1 aromatic heterocycles. The highest BCUT2D eigenvalue weighted by molar-refractivity contribution is 9.11. The van der Waals surface area contributed by atoms with Gasteiger partial charge in [-0.15, -0.1) is 0 Å². The molecule has 0 saturated carbocycles. The molecule has 0 N–H and O–H groups in total. The molecule has 3 nitrogen and oxygen atoms in total. The van der Waals surface area contributed by atoms with Gasteiger partial charge in [0.2, 0.25) is 0 Å². The molecular weight excluding hydrogens is 348 g/mol. The van der Waals surface area contributed by atoms with Crippen LogP contribution in [-0.2, 0) is 4.74 Å². The molecular formula is C12H16Br2N2O. The normalized spacial score (nSPS) is 20.6. The zero-order valence-electron chi connectivity index (χ0n) is 9.83. The smallest absolute Gasteiger partial charge is 0.143 e. The maximum Gasteiger partial charge on any atom is 0.143 e. The van der Waals surface area contributed by atoms with Crippen molar-refractivity contribution in [3.8, 4) is 0 Å². The van der Waals surface area contributed by atoms with Gasteiger partial charge in [-0.25, -0.2) is 4.98 Å². The fourth-order valence-electron chi connectivity index (χ4n) is 2.14. The summed E-state index contributed by atoms with van der Waals surface area (Å²) in [6.45, 7) is 4.82. The van der Waals surface area contributed by atoms with Gasteiger partial charge in [0.25, 0.3) is 0 Å². The molecule has 94 valence electrons. The zero-order valence-corrected chi connectivity index (χ0v) is 13.0. The van der Waals surface area contributed by atoms with Crippen molar-refractivity contribution >= 4 is 37.7 Å². The van der Waals surface area contributed by atoms with E-state index in [-0.39, 0.29) is 0 Å². The summed E-state index contributed by atoms with van der Waals surface area (Å²) in [5.41, 5.74) is 0. The highest BCUT2D eigenvalue weighted by atomic mass is 79.9. The van der Waals surface area contributed by atoms with Crippen molar-refractivity contribution < 1.29 is 4.74 Å². The van der Waals surface area contributed by atoms with Crippen molar-refractivity contribution in [3.05, 3.63) is 21.2 Å². The lowest BCUT2D eigenvalue weighted by molar-refractivity contribution is 0.0525. The van der Waals surface area contributed by atoms with Crippen molar-refractivity contribution in [1.82, 2.24) is 4.98 Å². The average Bonchev–Trinajstić information content (AvgIpc) is 2.29. The predicted octanol–water partition coefficient (Wildman–Crippen LogP) is 3.61. The second-order valence-electron chi connectivity index (χ2n) is 4.12. The summed E-state index contributed by atoms with van der Waals surface area (Å²) in [4.78, 5) is 6.76. The second-order valence-corrected chi connectivity index (χ2v) is 5.89. The third-order valence-electron chi connectivity index (χ3n) is 2.87. The van der Waals surface area contributed by atoms with Gasteiger partial charge in [0.05, 0.1) is 10.6 Å². The summed E-state index contributed by atoms with van der Waals surface area (Å²) < 4.78 is 7.73. The second kappa shape index (κ2) is 6.16. The van der Waals surface area contributed by atoms with Gasteiger partial charge in [-0.05, 0) is 57.7 Å². The minimum absolute atomic E-state index is 0.339. The van der Waals surface area contributed by atoms with E-state index >= 15 is 0 Å². The van der Waals surface area contributed by atoms with Crippen LogP contribution < -0.4 is 4.90 Å². The van der Waals surface area contributed by atoms with Gasteiger partial charge in [0, 0.05) is 30.4 Å². The summed E-state index contributed by atoms with van der Waals surface area (Å²) in [5.74, 6) is 1.01. The minimum Gasteiger partial charge on any atom is -0.377 e. The fraction of sp³-hybridized carbons (Fsp3) is 0.583. The Labute approximate surface area is 119 Å². The Morgan fingerprint density at radius 2 is 2.35 bits per heavy atom. The molecule has 2 rings (SSSR count). The van der Waals surface area contributed by atoms with E-state index in [1.165, 1.54) is 0 Å². The summed E-state index contributed by atoms with van der Waals surface area (Å²) in [5, 5.41) is 0. The van der Waals surface area contributed by atoms with Crippen molar-refractivity contribution in [2.45, 2.75) is 25.9 Å². The van der Waals surface area contributed by atoms with Crippen LogP contribution in [0.2, 0.25) is 0 Å². The lowest BCUT2D eigenvalue weighted by Gasteiger charge is -2.33. The summed E-state index contributed by atoms with van der Waals surface area (Å²) in [6.07, 6.45) is 4.49. The van der Waals surface area contributed by atoms with Crippen molar-refractivity contribution in [3.63, 3.8) is 0 Å². The quantitative estimate of drug-likeness (QED) is 0.820. The number of halogens is 2. The highest BCUT2D eigenvalue weighted by Gasteiger charge is 2.22. The summed E-state index contributed by atoms with van der Waals surface area (Å²) in [6, 6.07) is 2.03. The Balaban J connectivity index is 2.10. The Morgan fingerprint density at radius 1 is 1.53 bits per heavy atom. The monoisotopic (exact) mass is 362 g/mol. The van der Waals surface area contributed by atoms with E-state index in [1.54, 1.807) is 0 Å². The van der Waals surface area contributed by atoms with Gasteiger partial charge in [0.15, 0.2) is 0 Å². The number of anilines is 1. The Bertz CT molecular complexity index is 385. The standard InChI is InChI=1S/C12H16Br2N2O/c1-2-17-10-4-3-5-16(8-10)12-11(14)6-9(13)7-15-12/h6-7,10H,2-5,8H2,1H3. The molecule has 2 heterocycles. The molecule has 1 atom stereocenters. The third-order valence-corrected chi connectivity index (χ3v) is 3.89. The first-order valence-electron chi connectivity index (χ1n) is 5.88. The van der Waals surface area contributed by atoms with Crippen LogP contribution in [0.3, 0.4) is 0 Å². The maximum atomic E-state index is 5.70. The number of ether oxygens (including phenoxy) is 1. The topological polar surface area (TPSA) is 25.4 Å². The van der Waals surface area contributed by atoms with E-state index in [0.717, 1.165) is 47.3 Å². The maximum absolute atomic E-state index is 5.70. The van der Waals surface area contributed by atoms with E-state index in [2.05, 4.69) is 41.7 Å². The minimum atomic E-state index is 0.339. The molecule has 17 heavy (non-hydrogen) atoms. The van der Waals surface area contributed by atoms with Gasteiger partial charge in [-0.3, -0.25) is 0 Å². The number of rotatable bonds is 3. The fourth-order valence-corrected chi connectivity index (χ4v) is 3.38. The number of aromatic nitrogens is 1. The van der Waals surface area contributed by atoms with E-state index in [1.807, 2.05) is 19.2 Å². The average molecular weight is 364 g/mol. The molecule has 0 aromatic carbocycles. The summed E-state index contributed by atoms with van der Waals surface area (Å²) >= 11 is 6.99. The molecule has 1 saturated heterocycles. The molecule has 5 heteroatoms. The summed E-state index contributed by atoms with van der Waals surface area (Å²) in [7, 11) is 0. The first-order valence-corrected chi connectivity index (χ1v) is 7.47. The lowest BCUT2D eigenvalue weighted by atomic mass is 10.1. The van der Waals surface area contributed by atoms with Crippen molar-refractivity contribution in [2.24, 2.45) is 0 Å². The zero-order chi connectivity index (χ0) is 12.3. The van der Waals surface area contributed by atoms with Crippen LogP contribution >= 0.6 is 31.9 Å². The first-order chi connectivity index (χ1) is 8.20. The van der Waals surface area contributed by atoms with Gasteiger partial charge >= 0.3 is 0 Å². The molecule has 0 radical (unpaired) electrons. The van der Waals surface area contributed by atoms with Crippen molar-refractivity contribution in [1.29, 1.82) is 0 Å². The van der Waals surface area contributed by atoms with Crippen LogP contribution in [0, 0.1) is 0 Å². The molecule has 1 aliphatic rings. The van der Waals surface area contributed by atoms with Crippen LogP contribution in [-0.4, -0.2) is 30.8 Å². The molecule has 0 spiro atoms. The number of piperidine rings is 1. The Kier molecular flexibility index (Phi) is 4.82. The third kappa shape index (κ3) is 3.42. The van der Waals surface area contributed by atoms with Crippen LogP contribution in [0.5, 0.6) is 0 Å². The molecule has 0 aliphatic carbocycles. The van der Waals surface area contributed by atoms with Crippen LogP contribution in [0.15, 0.2) is 21.2 Å². The van der Waals surface area contributed by atoms with E-state index in [4.69, 9.17) is 4.74 Å². The van der Waals surface area contributed by atoms with Crippen LogP contribution in [0.1, 0.15) is 19.8 Å². The molecule has 0 amide bonds. The number of hydrogen-bond acceptors (Lipinski definition) is 3. The van der Waals surface area contributed by atoms with Gasteiger partial charge in [-0.2, -0.15) is 0 Å². The van der Waals surface area contributed by atoms with E-state index < -0.39 is 0 Å². The first kappa shape index (κ1) is 13.3. The largest absolute Gasteiger partial charge is 0.377 e. The number of nitrogens with zero attached hydrogens (tertiary/aromatic N) is 2. The SMILES string of the molecule is CCOC1CCCN(c2ncc(Br)cc2Br)C1. The number of pyridine rings is 1. The Hall–Kier alpha value is -0.130. The Morgan fingerprint density at radius 3 is 3.06 bits per heavy atom.